The van der Waals surface area contributed by atoms with Crippen molar-refractivity contribution >= 4 is 23.1 Å². The van der Waals surface area contributed by atoms with Gasteiger partial charge in [-0.25, -0.2) is 4.90 Å². The molecule has 0 unspecified atom stereocenters. The van der Waals surface area contributed by atoms with Crippen LogP contribution in [0.2, 0.25) is 0 Å². The second-order valence-corrected chi connectivity index (χ2v) is 7.83. The van der Waals surface area contributed by atoms with Crippen LogP contribution in [0.4, 0.5) is 5.69 Å². The van der Waals surface area contributed by atoms with Gasteiger partial charge in [0, 0.05) is 13.1 Å². The Hall–Kier alpha value is -2.88. The third kappa shape index (κ3) is 3.24. The van der Waals surface area contributed by atoms with E-state index in [1.165, 1.54) is 16.9 Å². The lowest BCUT2D eigenvalue weighted by Crippen LogP contribution is -2.37. The molecule has 0 aliphatic carbocycles. The summed E-state index contributed by atoms with van der Waals surface area (Å²) in [6, 6.07) is 17.3. The normalized spacial score (nSPS) is 17.8. The van der Waals surface area contributed by atoms with E-state index in [0.717, 1.165) is 31.5 Å². The fraction of sp³-hybridized carbons (Fsp3) is 0.333. The van der Waals surface area contributed by atoms with E-state index in [-0.39, 0.29) is 11.8 Å². The topological polar surface area (TPSA) is 40.6 Å². The third-order valence-corrected chi connectivity index (χ3v) is 5.61. The number of carbonyl (C=O) groups excluding carboxylic acids is 2. The molecule has 1 saturated heterocycles. The van der Waals surface area contributed by atoms with E-state index in [4.69, 9.17) is 0 Å². The number of imide groups is 1. The van der Waals surface area contributed by atoms with Crippen molar-refractivity contribution in [3.05, 3.63) is 71.4 Å². The molecule has 0 saturated carbocycles. The molecule has 2 aliphatic heterocycles. The molecule has 0 bridgehead atoms. The van der Waals surface area contributed by atoms with Crippen LogP contribution in [0.15, 0.2) is 60.3 Å². The number of rotatable bonds is 4. The molecule has 2 amide bonds. The first-order valence-corrected chi connectivity index (χ1v) is 10.1. The van der Waals surface area contributed by atoms with Crippen LogP contribution in [0.25, 0.3) is 5.57 Å². The van der Waals surface area contributed by atoms with Crippen molar-refractivity contribution in [2.24, 2.45) is 0 Å². The molecule has 4 rings (SSSR count). The van der Waals surface area contributed by atoms with Crippen molar-refractivity contribution in [1.29, 1.82) is 0 Å². The smallest absolute Gasteiger partial charge is 0.282 e. The zero-order valence-corrected chi connectivity index (χ0v) is 16.5. The molecule has 4 nitrogen and oxygen atoms in total. The lowest BCUT2D eigenvalue weighted by Gasteiger charge is -2.29. The Balaban J connectivity index is 1.77. The van der Waals surface area contributed by atoms with Crippen molar-refractivity contribution in [3.8, 4) is 0 Å². The predicted octanol–water partition coefficient (Wildman–Crippen LogP) is 4.58. The van der Waals surface area contributed by atoms with Crippen molar-refractivity contribution < 1.29 is 9.59 Å². The van der Waals surface area contributed by atoms with Crippen molar-refractivity contribution in [2.45, 2.75) is 39.0 Å². The second kappa shape index (κ2) is 7.63. The van der Waals surface area contributed by atoms with Gasteiger partial charge in [-0.1, -0.05) is 56.3 Å². The monoisotopic (exact) mass is 374 g/mol. The number of piperidine rings is 1. The quantitative estimate of drug-likeness (QED) is 0.736. The molecule has 2 heterocycles. The molecule has 0 spiro atoms. The van der Waals surface area contributed by atoms with Crippen LogP contribution < -0.4 is 4.90 Å². The van der Waals surface area contributed by atoms with Crippen LogP contribution in [0.3, 0.4) is 0 Å². The molecule has 4 heteroatoms. The van der Waals surface area contributed by atoms with Gasteiger partial charge in [-0.15, -0.1) is 0 Å². The molecule has 28 heavy (non-hydrogen) atoms. The summed E-state index contributed by atoms with van der Waals surface area (Å²) in [6.45, 7) is 5.91. The third-order valence-electron chi connectivity index (χ3n) is 5.61. The zero-order chi connectivity index (χ0) is 19.7. The number of benzene rings is 2. The first-order chi connectivity index (χ1) is 13.6. The van der Waals surface area contributed by atoms with Gasteiger partial charge in [0.2, 0.25) is 0 Å². The van der Waals surface area contributed by atoms with E-state index >= 15 is 0 Å². The maximum Gasteiger partial charge on any atom is 0.282 e. The van der Waals surface area contributed by atoms with Gasteiger partial charge in [-0.05, 0) is 48.4 Å². The first kappa shape index (κ1) is 18.5. The summed E-state index contributed by atoms with van der Waals surface area (Å²) in [7, 11) is 0. The highest BCUT2D eigenvalue weighted by atomic mass is 16.2. The van der Waals surface area contributed by atoms with Crippen LogP contribution in [0, 0.1) is 0 Å². The Morgan fingerprint density at radius 1 is 0.786 bits per heavy atom. The average molecular weight is 374 g/mol. The first-order valence-electron chi connectivity index (χ1n) is 10.1. The molecular weight excluding hydrogens is 348 g/mol. The minimum atomic E-state index is -0.228. The molecule has 1 fully saturated rings. The van der Waals surface area contributed by atoms with Gasteiger partial charge in [0.05, 0.1) is 11.3 Å². The lowest BCUT2D eigenvalue weighted by molar-refractivity contribution is -0.120. The van der Waals surface area contributed by atoms with Crippen LogP contribution >= 0.6 is 0 Å². The number of nitrogens with zero attached hydrogens (tertiary/aromatic N) is 2. The summed E-state index contributed by atoms with van der Waals surface area (Å²) in [5.74, 6) is -0.0296. The summed E-state index contributed by atoms with van der Waals surface area (Å²) >= 11 is 0. The number of hydrogen-bond acceptors (Lipinski definition) is 3. The number of likely N-dealkylation sites (tertiary alicyclic amines) is 1. The van der Waals surface area contributed by atoms with Crippen LogP contribution in [-0.2, 0) is 9.59 Å². The Morgan fingerprint density at radius 3 is 2.04 bits per heavy atom. The van der Waals surface area contributed by atoms with Gasteiger partial charge >= 0.3 is 0 Å². The summed E-state index contributed by atoms with van der Waals surface area (Å²) in [5, 5.41) is 0. The fourth-order valence-corrected chi connectivity index (χ4v) is 4.04. The highest BCUT2D eigenvalue weighted by molar-refractivity contribution is 6.45. The Kier molecular flexibility index (Phi) is 5.03. The molecule has 0 radical (unpaired) electrons. The predicted molar refractivity (Wildman–Crippen MR) is 112 cm³/mol. The molecule has 0 atom stereocenters. The SMILES string of the molecule is CC(C)c1ccc(N2C(=O)C(c3ccccc3)=C(N3CCCCC3)C2=O)cc1. The minimum Gasteiger partial charge on any atom is -0.366 e. The molecule has 144 valence electrons. The molecule has 0 aromatic heterocycles. The van der Waals surface area contributed by atoms with Crippen molar-refractivity contribution in [2.75, 3.05) is 18.0 Å². The molecular formula is C24H26N2O2. The Labute approximate surface area is 166 Å². The van der Waals surface area contributed by atoms with Crippen LogP contribution in [-0.4, -0.2) is 29.8 Å². The second-order valence-electron chi connectivity index (χ2n) is 7.83. The maximum absolute atomic E-state index is 13.4. The number of carbonyl (C=O) groups is 2. The highest BCUT2D eigenvalue weighted by Crippen LogP contribution is 2.36. The van der Waals surface area contributed by atoms with E-state index in [1.54, 1.807) is 0 Å². The molecule has 2 aliphatic rings. The van der Waals surface area contributed by atoms with Gasteiger partial charge in [0.1, 0.15) is 5.70 Å². The zero-order valence-electron chi connectivity index (χ0n) is 16.5. The number of anilines is 1. The fourth-order valence-electron chi connectivity index (χ4n) is 4.04. The molecule has 2 aromatic rings. The van der Waals surface area contributed by atoms with Gasteiger partial charge in [-0.2, -0.15) is 0 Å². The Morgan fingerprint density at radius 2 is 1.43 bits per heavy atom. The van der Waals surface area contributed by atoms with Crippen LogP contribution in [0.1, 0.15) is 50.2 Å². The summed E-state index contributed by atoms with van der Waals surface area (Å²) in [4.78, 5) is 30.3. The summed E-state index contributed by atoms with van der Waals surface area (Å²) < 4.78 is 0. The van der Waals surface area contributed by atoms with E-state index in [2.05, 4.69) is 18.7 Å². The largest absolute Gasteiger partial charge is 0.366 e. The van der Waals surface area contributed by atoms with Gasteiger partial charge in [0.25, 0.3) is 11.8 Å². The summed E-state index contributed by atoms with van der Waals surface area (Å²) in [6.07, 6.45) is 3.28. The van der Waals surface area contributed by atoms with Crippen molar-refractivity contribution in [3.63, 3.8) is 0 Å². The van der Waals surface area contributed by atoms with E-state index in [0.29, 0.717) is 22.9 Å². The highest BCUT2D eigenvalue weighted by Gasteiger charge is 2.42. The van der Waals surface area contributed by atoms with E-state index < -0.39 is 0 Å². The van der Waals surface area contributed by atoms with Gasteiger partial charge in [0.15, 0.2) is 0 Å². The molecule has 2 aromatic carbocycles. The standard InChI is InChI=1S/C24H26N2O2/c1-17(2)18-11-13-20(14-12-18)26-23(27)21(19-9-5-3-6-10-19)22(24(26)28)25-15-7-4-8-16-25/h3,5-6,9-14,17H,4,7-8,15-16H2,1-2H3. The van der Waals surface area contributed by atoms with Gasteiger partial charge in [-0.3, -0.25) is 9.59 Å². The average Bonchev–Trinajstić information content (AvgIpc) is 2.99. The molecule has 0 N–H and O–H groups in total. The summed E-state index contributed by atoms with van der Waals surface area (Å²) in [5.41, 5.74) is 3.72. The van der Waals surface area contributed by atoms with E-state index in [9.17, 15) is 9.59 Å². The maximum atomic E-state index is 13.4. The Bertz CT molecular complexity index is 907. The number of hydrogen-bond donors (Lipinski definition) is 0. The minimum absolute atomic E-state index is 0.206. The lowest BCUT2D eigenvalue weighted by atomic mass is 10.0. The van der Waals surface area contributed by atoms with Crippen LogP contribution in [0.5, 0.6) is 0 Å². The van der Waals surface area contributed by atoms with E-state index in [1.807, 2.05) is 54.6 Å². The van der Waals surface area contributed by atoms with Gasteiger partial charge < -0.3 is 4.90 Å². The van der Waals surface area contributed by atoms with Crippen molar-refractivity contribution in [1.82, 2.24) is 4.90 Å². The number of amides is 2.